The lowest BCUT2D eigenvalue weighted by Gasteiger charge is -2.37. The highest BCUT2D eigenvalue weighted by molar-refractivity contribution is 6.33. The molecule has 116 valence electrons. The van der Waals surface area contributed by atoms with Crippen molar-refractivity contribution >= 4 is 29.2 Å². The fourth-order valence-corrected chi connectivity index (χ4v) is 3.82. The molecule has 0 spiro atoms. The Morgan fingerprint density at radius 1 is 1.33 bits per heavy atom. The lowest BCUT2D eigenvalue weighted by atomic mass is 9.67. The van der Waals surface area contributed by atoms with E-state index in [-0.39, 0.29) is 0 Å². The van der Waals surface area contributed by atoms with Crippen LogP contribution < -0.4 is 0 Å². The van der Waals surface area contributed by atoms with Crippen molar-refractivity contribution in [1.29, 1.82) is 0 Å². The minimum atomic E-state index is -0.700. The van der Waals surface area contributed by atoms with Crippen LogP contribution in [0.5, 0.6) is 0 Å². The van der Waals surface area contributed by atoms with Crippen molar-refractivity contribution in [1.82, 2.24) is 0 Å². The van der Waals surface area contributed by atoms with Crippen molar-refractivity contribution in [2.24, 2.45) is 11.3 Å². The SMILES string of the molecule is CCCC1CCC(Cc2cc(Cl)ccc2Cl)(C(=O)O)CC1. The zero-order chi connectivity index (χ0) is 15.5. The Kier molecular flexibility index (Phi) is 5.56. The fraction of sp³-hybridized carbons (Fsp3) is 0.588. The van der Waals surface area contributed by atoms with Crippen LogP contribution in [0, 0.1) is 11.3 Å². The molecule has 0 aromatic heterocycles. The van der Waals surface area contributed by atoms with Gasteiger partial charge in [0.05, 0.1) is 5.41 Å². The number of aliphatic carboxylic acids is 1. The molecule has 1 saturated carbocycles. The van der Waals surface area contributed by atoms with Gasteiger partial charge in [-0.15, -0.1) is 0 Å². The van der Waals surface area contributed by atoms with Crippen LogP contribution in [0.25, 0.3) is 0 Å². The number of carboxylic acid groups (broad SMARTS) is 1. The second-order valence-corrected chi connectivity index (χ2v) is 7.07. The van der Waals surface area contributed by atoms with Crippen LogP contribution in [-0.2, 0) is 11.2 Å². The van der Waals surface area contributed by atoms with E-state index in [1.165, 1.54) is 12.8 Å². The van der Waals surface area contributed by atoms with Gasteiger partial charge in [0.2, 0.25) is 0 Å². The van der Waals surface area contributed by atoms with Gasteiger partial charge in [0.25, 0.3) is 0 Å². The van der Waals surface area contributed by atoms with E-state index in [9.17, 15) is 9.90 Å². The minimum absolute atomic E-state index is 0.473. The van der Waals surface area contributed by atoms with Crippen LogP contribution in [0.15, 0.2) is 18.2 Å². The van der Waals surface area contributed by atoms with Crippen molar-refractivity contribution in [3.8, 4) is 0 Å². The Morgan fingerprint density at radius 2 is 2.00 bits per heavy atom. The Labute approximate surface area is 136 Å². The molecule has 0 amide bonds. The molecule has 21 heavy (non-hydrogen) atoms. The number of benzene rings is 1. The molecular weight excluding hydrogens is 307 g/mol. The fourth-order valence-electron chi connectivity index (χ4n) is 3.44. The summed E-state index contributed by atoms with van der Waals surface area (Å²) >= 11 is 12.2. The number of carboxylic acids is 1. The molecular formula is C17H22Cl2O2. The molecule has 4 heteroatoms. The zero-order valence-electron chi connectivity index (χ0n) is 12.4. The van der Waals surface area contributed by atoms with Crippen LogP contribution in [0.4, 0.5) is 0 Å². The molecule has 1 aromatic rings. The van der Waals surface area contributed by atoms with Gasteiger partial charge in [0.15, 0.2) is 0 Å². The molecule has 1 fully saturated rings. The van der Waals surface area contributed by atoms with Gasteiger partial charge in [-0.3, -0.25) is 4.79 Å². The third-order valence-electron chi connectivity index (χ3n) is 4.75. The maximum atomic E-state index is 11.9. The second-order valence-electron chi connectivity index (χ2n) is 6.23. The van der Waals surface area contributed by atoms with Crippen LogP contribution in [0.2, 0.25) is 10.0 Å². The molecule has 0 saturated heterocycles. The van der Waals surface area contributed by atoms with Crippen molar-refractivity contribution in [3.05, 3.63) is 33.8 Å². The van der Waals surface area contributed by atoms with E-state index in [0.29, 0.717) is 22.4 Å². The van der Waals surface area contributed by atoms with Gasteiger partial charge < -0.3 is 5.11 Å². The summed E-state index contributed by atoms with van der Waals surface area (Å²) in [5.41, 5.74) is 0.166. The van der Waals surface area contributed by atoms with Crippen molar-refractivity contribution in [2.75, 3.05) is 0 Å². The average molecular weight is 329 g/mol. The van der Waals surface area contributed by atoms with Gasteiger partial charge in [0, 0.05) is 10.0 Å². The normalized spacial score (nSPS) is 25.8. The van der Waals surface area contributed by atoms with Gasteiger partial charge >= 0.3 is 5.97 Å². The van der Waals surface area contributed by atoms with Crippen LogP contribution in [-0.4, -0.2) is 11.1 Å². The third-order valence-corrected chi connectivity index (χ3v) is 5.35. The molecule has 1 aromatic carbocycles. The number of halogens is 2. The lowest BCUT2D eigenvalue weighted by Crippen LogP contribution is -2.37. The largest absolute Gasteiger partial charge is 0.481 e. The summed E-state index contributed by atoms with van der Waals surface area (Å²) in [5, 5.41) is 11.0. The summed E-state index contributed by atoms with van der Waals surface area (Å²) < 4.78 is 0. The van der Waals surface area contributed by atoms with Crippen LogP contribution in [0.3, 0.4) is 0 Å². The minimum Gasteiger partial charge on any atom is -0.481 e. The first kappa shape index (κ1) is 16.6. The summed E-state index contributed by atoms with van der Waals surface area (Å²) in [6.07, 6.45) is 6.31. The Balaban J connectivity index is 2.17. The quantitative estimate of drug-likeness (QED) is 0.764. The first-order valence-electron chi connectivity index (χ1n) is 7.64. The average Bonchev–Trinajstić information content (AvgIpc) is 2.45. The molecule has 0 heterocycles. The molecule has 2 rings (SSSR count). The van der Waals surface area contributed by atoms with Gasteiger partial charge in [-0.05, 0) is 61.8 Å². The topological polar surface area (TPSA) is 37.3 Å². The van der Waals surface area contributed by atoms with E-state index >= 15 is 0 Å². The van der Waals surface area contributed by atoms with Crippen LogP contribution in [0.1, 0.15) is 51.0 Å². The molecule has 1 aliphatic rings. The Morgan fingerprint density at radius 3 is 2.57 bits per heavy atom. The van der Waals surface area contributed by atoms with Crippen molar-refractivity contribution in [3.63, 3.8) is 0 Å². The van der Waals surface area contributed by atoms with E-state index in [1.807, 2.05) is 0 Å². The van der Waals surface area contributed by atoms with Crippen molar-refractivity contribution in [2.45, 2.75) is 51.9 Å². The lowest BCUT2D eigenvalue weighted by molar-refractivity contribution is -0.151. The van der Waals surface area contributed by atoms with Gasteiger partial charge in [-0.25, -0.2) is 0 Å². The maximum Gasteiger partial charge on any atom is 0.309 e. The first-order valence-corrected chi connectivity index (χ1v) is 8.40. The van der Waals surface area contributed by atoms with Gasteiger partial charge in [-0.1, -0.05) is 43.0 Å². The van der Waals surface area contributed by atoms with Crippen molar-refractivity contribution < 1.29 is 9.90 Å². The Bertz CT molecular complexity index is 506. The molecule has 0 radical (unpaired) electrons. The smallest absolute Gasteiger partial charge is 0.309 e. The Hall–Kier alpha value is -0.730. The molecule has 1 aliphatic carbocycles. The highest BCUT2D eigenvalue weighted by atomic mass is 35.5. The third kappa shape index (κ3) is 3.92. The summed E-state index contributed by atoms with van der Waals surface area (Å²) in [7, 11) is 0. The number of rotatable bonds is 5. The molecule has 0 atom stereocenters. The molecule has 0 bridgehead atoms. The molecule has 2 nitrogen and oxygen atoms in total. The highest BCUT2D eigenvalue weighted by Gasteiger charge is 2.42. The predicted molar refractivity (Wildman–Crippen MR) is 87.1 cm³/mol. The van der Waals surface area contributed by atoms with Gasteiger partial charge in [0.1, 0.15) is 0 Å². The molecule has 1 N–H and O–H groups in total. The highest BCUT2D eigenvalue weighted by Crippen LogP contribution is 2.44. The van der Waals surface area contributed by atoms with E-state index in [2.05, 4.69) is 6.92 Å². The summed E-state index contributed by atoms with van der Waals surface area (Å²) in [4.78, 5) is 11.9. The second kappa shape index (κ2) is 7.02. The van der Waals surface area contributed by atoms with E-state index in [4.69, 9.17) is 23.2 Å². The number of carbonyl (C=O) groups is 1. The van der Waals surface area contributed by atoms with E-state index < -0.39 is 11.4 Å². The standard InChI is InChI=1S/C17H22Cl2O2/c1-2-3-12-6-8-17(9-7-12,16(20)21)11-13-10-14(18)4-5-15(13)19/h4-5,10,12H,2-3,6-9,11H2,1H3,(H,20,21). The number of hydrogen-bond donors (Lipinski definition) is 1. The van der Waals surface area contributed by atoms with E-state index in [1.54, 1.807) is 18.2 Å². The predicted octanol–water partition coefficient (Wildman–Crippen LogP) is 5.60. The van der Waals surface area contributed by atoms with Gasteiger partial charge in [-0.2, -0.15) is 0 Å². The zero-order valence-corrected chi connectivity index (χ0v) is 13.9. The maximum absolute atomic E-state index is 11.9. The number of hydrogen-bond acceptors (Lipinski definition) is 1. The van der Waals surface area contributed by atoms with E-state index in [0.717, 1.165) is 31.2 Å². The monoisotopic (exact) mass is 328 g/mol. The molecule has 0 aliphatic heterocycles. The summed E-state index contributed by atoms with van der Waals surface area (Å²) in [5.74, 6) is -0.0224. The first-order chi connectivity index (χ1) is 9.97. The summed E-state index contributed by atoms with van der Waals surface area (Å²) in [6, 6.07) is 5.28. The van der Waals surface area contributed by atoms with Crippen LogP contribution >= 0.6 is 23.2 Å². The summed E-state index contributed by atoms with van der Waals surface area (Å²) in [6.45, 7) is 2.19. The molecule has 0 unspecified atom stereocenters.